The van der Waals surface area contributed by atoms with Gasteiger partial charge in [0.1, 0.15) is 5.82 Å². The molecule has 3 nitrogen and oxygen atoms in total. The summed E-state index contributed by atoms with van der Waals surface area (Å²) in [5, 5.41) is 0. The largest absolute Gasteiger partial charge is 0.333 e. The Balaban J connectivity index is 2.27. The van der Waals surface area contributed by atoms with Crippen LogP contribution in [0.1, 0.15) is 55.6 Å². The first-order chi connectivity index (χ1) is 8.91. The van der Waals surface area contributed by atoms with Crippen molar-refractivity contribution in [2.24, 2.45) is 5.73 Å². The van der Waals surface area contributed by atoms with Crippen LogP contribution in [0.3, 0.4) is 0 Å². The van der Waals surface area contributed by atoms with Gasteiger partial charge in [-0.25, -0.2) is 4.39 Å². The highest BCUT2D eigenvalue weighted by Gasteiger charge is 2.32. The van der Waals surface area contributed by atoms with Crippen molar-refractivity contribution in [3.05, 3.63) is 35.1 Å². The summed E-state index contributed by atoms with van der Waals surface area (Å²) in [6.45, 7) is 5.80. The number of halogens is 1. The number of nitrogens with zero attached hydrogens (tertiary/aromatic N) is 1. The third kappa shape index (κ3) is 2.63. The molecule has 1 aromatic rings. The molecule has 1 heterocycles. The summed E-state index contributed by atoms with van der Waals surface area (Å²) in [4.78, 5) is 14.3. The molecule has 0 aliphatic carbocycles. The fraction of sp³-hybridized carbons (Fsp3) is 0.533. The van der Waals surface area contributed by atoms with Crippen molar-refractivity contribution in [1.82, 2.24) is 4.90 Å². The first-order valence-electron chi connectivity index (χ1n) is 6.79. The SMILES string of the molecule is C[C@@H]1CC[C@@H](C)N1C(=O)c1ccc([C@@H](C)N)c(F)c1. The Labute approximate surface area is 113 Å². The van der Waals surface area contributed by atoms with E-state index in [1.165, 1.54) is 6.07 Å². The maximum Gasteiger partial charge on any atom is 0.254 e. The van der Waals surface area contributed by atoms with Gasteiger partial charge in [-0.2, -0.15) is 0 Å². The molecule has 0 radical (unpaired) electrons. The minimum absolute atomic E-state index is 0.0902. The van der Waals surface area contributed by atoms with E-state index in [4.69, 9.17) is 5.73 Å². The molecule has 19 heavy (non-hydrogen) atoms. The van der Waals surface area contributed by atoms with Gasteiger partial charge in [0.2, 0.25) is 0 Å². The first-order valence-corrected chi connectivity index (χ1v) is 6.79. The predicted molar refractivity (Wildman–Crippen MR) is 73.3 cm³/mol. The van der Waals surface area contributed by atoms with Crippen molar-refractivity contribution in [2.75, 3.05) is 0 Å². The van der Waals surface area contributed by atoms with Crippen LogP contribution < -0.4 is 5.73 Å². The highest BCUT2D eigenvalue weighted by Crippen LogP contribution is 2.26. The van der Waals surface area contributed by atoms with Crippen LogP contribution in [-0.4, -0.2) is 22.9 Å². The molecule has 1 fully saturated rings. The third-order valence-corrected chi connectivity index (χ3v) is 3.92. The molecule has 2 rings (SSSR count). The van der Waals surface area contributed by atoms with Crippen LogP contribution in [-0.2, 0) is 0 Å². The summed E-state index contributed by atoms with van der Waals surface area (Å²) in [7, 11) is 0. The number of rotatable bonds is 2. The van der Waals surface area contributed by atoms with Crippen LogP contribution in [0.5, 0.6) is 0 Å². The average molecular weight is 264 g/mol. The Hall–Kier alpha value is -1.42. The van der Waals surface area contributed by atoms with E-state index in [0.717, 1.165) is 12.8 Å². The highest BCUT2D eigenvalue weighted by molar-refractivity contribution is 5.94. The molecule has 1 saturated heterocycles. The van der Waals surface area contributed by atoms with E-state index >= 15 is 0 Å². The van der Waals surface area contributed by atoms with Gasteiger partial charge in [0.25, 0.3) is 5.91 Å². The van der Waals surface area contributed by atoms with Crippen LogP contribution in [0.25, 0.3) is 0 Å². The molecule has 4 heteroatoms. The lowest BCUT2D eigenvalue weighted by molar-refractivity contribution is 0.0692. The number of benzene rings is 1. The van der Waals surface area contributed by atoms with E-state index in [-0.39, 0.29) is 24.0 Å². The number of hydrogen-bond acceptors (Lipinski definition) is 2. The molecule has 0 unspecified atom stereocenters. The molecule has 2 N–H and O–H groups in total. The summed E-state index contributed by atoms with van der Waals surface area (Å²) >= 11 is 0. The smallest absolute Gasteiger partial charge is 0.254 e. The van der Waals surface area contributed by atoms with E-state index < -0.39 is 5.82 Å². The van der Waals surface area contributed by atoms with E-state index in [2.05, 4.69) is 0 Å². The lowest BCUT2D eigenvalue weighted by atomic mass is 10.0. The van der Waals surface area contributed by atoms with Gasteiger partial charge in [-0.1, -0.05) is 6.07 Å². The Bertz CT molecular complexity index is 477. The van der Waals surface area contributed by atoms with Crippen molar-refractivity contribution < 1.29 is 9.18 Å². The normalized spacial score (nSPS) is 24.6. The Morgan fingerprint density at radius 2 is 1.95 bits per heavy atom. The second-order valence-corrected chi connectivity index (χ2v) is 5.51. The number of likely N-dealkylation sites (tertiary alicyclic amines) is 1. The van der Waals surface area contributed by atoms with Crippen molar-refractivity contribution >= 4 is 5.91 Å². The molecule has 1 aromatic carbocycles. The topological polar surface area (TPSA) is 46.3 Å². The lowest BCUT2D eigenvalue weighted by Gasteiger charge is -2.26. The zero-order chi connectivity index (χ0) is 14.2. The number of carbonyl (C=O) groups excluding carboxylic acids is 1. The fourth-order valence-corrected chi connectivity index (χ4v) is 2.77. The average Bonchev–Trinajstić information content (AvgIpc) is 2.67. The van der Waals surface area contributed by atoms with Crippen LogP contribution in [0.2, 0.25) is 0 Å². The molecule has 1 amide bonds. The lowest BCUT2D eigenvalue weighted by Crippen LogP contribution is -2.38. The highest BCUT2D eigenvalue weighted by atomic mass is 19.1. The minimum atomic E-state index is -0.402. The van der Waals surface area contributed by atoms with Gasteiger partial charge < -0.3 is 10.6 Å². The van der Waals surface area contributed by atoms with Gasteiger partial charge in [-0.05, 0) is 45.7 Å². The predicted octanol–water partition coefficient (Wildman–Crippen LogP) is 2.86. The van der Waals surface area contributed by atoms with E-state index in [1.807, 2.05) is 18.7 Å². The molecule has 1 aliphatic heterocycles. The Morgan fingerprint density at radius 1 is 1.37 bits per heavy atom. The molecule has 104 valence electrons. The second kappa shape index (κ2) is 5.29. The fourth-order valence-electron chi connectivity index (χ4n) is 2.77. The van der Waals surface area contributed by atoms with E-state index in [9.17, 15) is 9.18 Å². The van der Waals surface area contributed by atoms with Crippen LogP contribution in [0, 0.1) is 5.82 Å². The van der Waals surface area contributed by atoms with Gasteiger partial charge in [0.15, 0.2) is 0 Å². The number of amides is 1. The Morgan fingerprint density at radius 3 is 2.42 bits per heavy atom. The monoisotopic (exact) mass is 264 g/mol. The number of hydrogen-bond donors (Lipinski definition) is 1. The summed E-state index contributed by atoms with van der Waals surface area (Å²) in [6, 6.07) is 4.66. The number of carbonyl (C=O) groups is 1. The van der Waals surface area contributed by atoms with Gasteiger partial charge in [-0.3, -0.25) is 4.79 Å². The summed E-state index contributed by atoms with van der Waals surface area (Å²) in [5.74, 6) is -0.493. The van der Waals surface area contributed by atoms with Crippen molar-refractivity contribution in [3.63, 3.8) is 0 Å². The zero-order valence-electron chi connectivity index (χ0n) is 11.7. The summed E-state index contributed by atoms with van der Waals surface area (Å²) < 4.78 is 13.9. The van der Waals surface area contributed by atoms with Crippen LogP contribution in [0.4, 0.5) is 4.39 Å². The van der Waals surface area contributed by atoms with Gasteiger partial charge in [0.05, 0.1) is 0 Å². The van der Waals surface area contributed by atoms with Gasteiger partial charge >= 0.3 is 0 Å². The molecule has 0 saturated carbocycles. The second-order valence-electron chi connectivity index (χ2n) is 5.51. The maximum absolute atomic E-state index is 13.9. The molecule has 0 bridgehead atoms. The van der Waals surface area contributed by atoms with E-state index in [0.29, 0.717) is 11.1 Å². The summed E-state index contributed by atoms with van der Waals surface area (Å²) in [6.07, 6.45) is 2.01. The minimum Gasteiger partial charge on any atom is -0.333 e. The third-order valence-electron chi connectivity index (χ3n) is 3.92. The van der Waals surface area contributed by atoms with Crippen LogP contribution >= 0.6 is 0 Å². The number of nitrogens with two attached hydrogens (primary N) is 1. The van der Waals surface area contributed by atoms with Crippen LogP contribution in [0.15, 0.2) is 18.2 Å². The standard InChI is InChI=1S/C15H21FN2O/c1-9-4-5-10(2)18(9)15(19)12-6-7-13(11(3)17)14(16)8-12/h6-11H,4-5,17H2,1-3H3/t9-,10-,11-/m1/s1. The maximum atomic E-state index is 13.9. The van der Waals surface area contributed by atoms with Gasteiger partial charge in [0, 0.05) is 29.3 Å². The molecule has 3 atom stereocenters. The molecular weight excluding hydrogens is 243 g/mol. The molecular formula is C15H21FN2O. The molecule has 1 aliphatic rings. The summed E-state index contributed by atoms with van der Waals surface area (Å²) in [5.41, 5.74) is 6.52. The van der Waals surface area contributed by atoms with Gasteiger partial charge in [-0.15, -0.1) is 0 Å². The quantitative estimate of drug-likeness (QED) is 0.892. The Kier molecular flexibility index (Phi) is 3.90. The zero-order valence-corrected chi connectivity index (χ0v) is 11.7. The van der Waals surface area contributed by atoms with E-state index in [1.54, 1.807) is 19.1 Å². The van der Waals surface area contributed by atoms with Crippen molar-refractivity contribution in [3.8, 4) is 0 Å². The van der Waals surface area contributed by atoms with Crippen molar-refractivity contribution in [2.45, 2.75) is 51.7 Å². The van der Waals surface area contributed by atoms with Crippen molar-refractivity contribution in [1.29, 1.82) is 0 Å². The molecule has 0 aromatic heterocycles. The molecule has 0 spiro atoms. The first kappa shape index (κ1) is 14.0.